The van der Waals surface area contributed by atoms with Crippen molar-refractivity contribution in [2.75, 3.05) is 20.1 Å². The molecule has 9 nitrogen and oxygen atoms in total. The zero-order valence-corrected chi connectivity index (χ0v) is 16.1. The first kappa shape index (κ1) is 18.8. The van der Waals surface area contributed by atoms with Crippen LogP contribution in [-0.2, 0) is 10.0 Å². The van der Waals surface area contributed by atoms with Crippen molar-refractivity contribution in [3.63, 3.8) is 0 Å². The van der Waals surface area contributed by atoms with Gasteiger partial charge in [-0.25, -0.2) is 18.4 Å². The van der Waals surface area contributed by atoms with E-state index in [9.17, 15) is 18.3 Å². The monoisotopic (exact) mass is 403 g/mol. The molecule has 3 heterocycles. The Morgan fingerprint density at radius 3 is 2.71 bits per heavy atom. The number of aliphatic hydroxyl groups excluding tert-OH is 1. The van der Waals surface area contributed by atoms with E-state index in [2.05, 4.69) is 20.1 Å². The van der Waals surface area contributed by atoms with E-state index < -0.39 is 10.0 Å². The molecule has 1 aliphatic heterocycles. The number of hydrogen-bond acceptors (Lipinski definition) is 6. The number of aromatic nitrogens is 2. The normalized spacial score (nSPS) is 16.6. The zero-order valence-electron chi connectivity index (χ0n) is 15.3. The number of benzene rings is 1. The van der Waals surface area contributed by atoms with Crippen molar-refractivity contribution >= 4 is 37.7 Å². The van der Waals surface area contributed by atoms with Crippen LogP contribution in [0.5, 0.6) is 0 Å². The molecular formula is C18H21N5O4S. The molecule has 0 aliphatic carbocycles. The Balaban J connectivity index is 1.73. The number of nitrogens with one attached hydrogen (secondary N) is 3. The first-order chi connectivity index (χ1) is 13.4. The third kappa shape index (κ3) is 3.35. The fourth-order valence-electron chi connectivity index (χ4n) is 3.44. The van der Waals surface area contributed by atoms with Gasteiger partial charge in [0.05, 0.1) is 16.5 Å². The second kappa shape index (κ2) is 7.13. The Kier molecular flexibility index (Phi) is 4.79. The molecule has 148 valence electrons. The van der Waals surface area contributed by atoms with E-state index in [1.54, 1.807) is 23.2 Å². The van der Waals surface area contributed by atoms with Crippen LogP contribution in [0, 0.1) is 0 Å². The van der Waals surface area contributed by atoms with Crippen molar-refractivity contribution in [2.24, 2.45) is 0 Å². The molecule has 3 aromatic rings. The van der Waals surface area contributed by atoms with Crippen LogP contribution in [0.1, 0.15) is 23.3 Å². The number of H-pyrrole nitrogens is 1. The number of piperidine rings is 1. The number of sulfonamides is 1. The summed E-state index contributed by atoms with van der Waals surface area (Å²) in [6.07, 6.45) is 2.20. The minimum atomic E-state index is -3.76. The smallest absolute Gasteiger partial charge is 0.271 e. The van der Waals surface area contributed by atoms with E-state index in [0.29, 0.717) is 42.4 Å². The minimum absolute atomic E-state index is 0.130. The van der Waals surface area contributed by atoms with Gasteiger partial charge < -0.3 is 15.4 Å². The molecule has 1 aromatic carbocycles. The van der Waals surface area contributed by atoms with Crippen LogP contribution in [-0.4, -0.2) is 60.6 Å². The van der Waals surface area contributed by atoms with Gasteiger partial charge in [-0.15, -0.1) is 4.83 Å². The summed E-state index contributed by atoms with van der Waals surface area (Å²) in [7, 11) is -2.23. The number of carbonyl (C=O) groups is 1. The van der Waals surface area contributed by atoms with E-state index in [1.807, 2.05) is 0 Å². The molecule has 1 aliphatic rings. The maximum absolute atomic E-state index is 12.8. The number of hydrogen-bond donors (Lipinski definition) is 4. The summed E-state index contributed by atoms with van der Waals surface area (Å²) < 4.78 is 25.6. The summed E-state index contributed by atoms with van der Waals surface area (Å²) in [5.74, 6) is -0.320. The standard InChI is InChI=1S/C18H21N5O4S/c1-19-18(25)17-16-13(4-7-20-17)14-10-12(2-3-15(14)21-16)28(26,27)22-23-8-5-11(24)6-9-23/h2-4,7,10-11,21-22,24H,5-6,8-9H2,1H3,(H,19,25). The van der Waals surface area contributed by atoms with Gasteiger partial charge >= 0.3 is 0 Å². The first-order valence-electron chi connectivity index (χ1n) is 8.97. The fraction of sp³-hybridized carbons (Fsp3) is 0.333. The maximum Gasteiger partial charge on any atom is 0.271 e. The summed E-state index contributed by atoms with van der Waals surface area (Å²) >= 11 is 0. The van der Waals surface area contributed by atoms with Crippen LogP contribution >= 0.6 is 0 Å². The number of rotatable bonds is 4. The molecule has 0 unspecified atom stereocenters. The molecule has 0 saturated carbocycles. The molecule has 0 bridgehead atoms. The van der Waals surface area contributed by atoms with E-state index in [1.165, 1.54) is 19.3 Å². The minimum Gasteiger partial charge on any atom is -0.393 e. The summed E-state index contributed by atoms with van der Waals surface area (Å²) in [6, 6.07) is 6.53. The predicted molar refractivity (Wildman–Crippen MR) is 104 cm³/mol. The summed E-state index contributed by atoms with van der Waals surface area (Å²) in [5, 5.41) is 15.2. The summed E-state index contributed by atoms with van der Waals surface area (Å²) in [4.78, 5) is 22.0. The van der Waals surface area contributed by atoms with Crippen LogP contribution in [0.15, 0.2) is 35.4 Å². The third-order valence-electron chi connectivity index (χ3n) is 4.96. The third-order valence-corrected chi connectivity index (χ3v) is 6.33. The van der Waals surface area contributed by atoms with Gasteiger partial charge in [0.25, 0.3) is 15.9 Å². The number of aliphatic hydroxyl groups is 1. The predicted octanol–water partition coefficient (Wildman–Crippen LogP) is 0.726. The SMILES string of the molecule is CNC(=O)c1nccc2c1[nH]c1ccc(S(=O)(=O)NN3CCC(O)CC3)cc12. The quantitative estimate of drug-likeness (QED) is 0.508. The van der Waals surface area contributed by atoms with Crippen molar-refractivity contribution < 1.29 is 18.3 Å². The Morgan fingerprint density at radius 2 is 2.00 bits per heavy atom. The van der Waals surface area contributed by atoms with Crippen molar-refractivity contribution in [3.05, 3.63) is 36.2 Å². The van der Waals surface area contributed by atoms with Gasteiger partial charge in [0.15, 0.2) is 5.69 Å². The highest BCUT2D eigenvalue weighted by Crippen LogP contribution is 2.29. The van der Waals surface area contributed by atoms with Crippen LogP contribution in [0.25, 0.3) is 21.8 Å². The number of hydrazine groups is 1. The van der Waals surface area contributed by atoms with Crippen molar-refractivity contribution in [3.8, 4) is 0 Å². The highest BCUT2D eigenvalue weighted by atomic mass is 32.2. The van der Waals surface area contributed by atoms with Crippen molar-refractivity contribution in [1.29, 1.82) is 0 Å². The van der Waals surface area contributed by atoms with Gasteiger partial charge in [-0.3, -0.25) is 4.79 Å². The molecule has 0 spiro atoms. The second-order valence-electron chi connectivity index (χ2n) is 6.81. The lowest BCUT2D eigenvalue weighted by Crippen LogP contribution is -2.47. The lowest BCUT2D eigenvalue weighted by atomic mass is 10.1. The second-order valence-corrected chi connectivity index (χ2v) is 8.47. The molecule has 1 fully saturated rings. The average Bonchev–Trinajstić information content (AvgIpc) is 3.07. The van der Waals surface area contributed by atoms with Crippen LogP contribution < -0.4 is 10.1 Å². The molecule has 10 heteroatoms. The number of pyridine rings is 1. The number of carbonyl (C=O) groups excluding carboxylic acids is 1. The number of amides is 1. The van der Waals surface area contributed by atoms with Crippen LogP contribution in [0.4, 0.5) is 0 Å². The highest BCUT2D eigenvalue weighted by Gasteiger charge is 2.24. The highest BCUT2D eigenvalue weighted by molar-refractivity contribution is 7.89. The molecule has 4 N–H and O–H groups in total. The summed E-state index contributed by atoms with van der Waals surface area (Å²) in [5.41, 5.74) is 1.53. The Labute approximate surface area is 161 Å². The van der Waals surface area contributed by atoms with Gasteiger partial charge in [0, 0.05) is 42.6 Å². The fourth-order valence-corrected chi connectivity index (χ4v) is 4.59. The Bertz CT molecular complexity index is 1150. The lowest BCUT2D eigenvalue weighted by molar-refractivity contribution is 0.0723. The molecule has 2 aromatic heterocycles. The van der Waals surface area contributed by atoms with E-state index in [0.717, 1.165) is 5.39 Å². The molecule has 1 amide bonds. The average molecular weight is 403 g/mol. The lowest BCUT2D eigenvalue weighted by Gasteiger charge is -2.29. The van der Waals surface area contributed by atoms with Gasteiger partial charge in [0.2, 0.25) is 0 Å². The van der Waals surface area contributed by atoms with E-state index in [-0.39, 0.29) is 22.6 Å². The largest absolute Gasteiger partial charge is 0.393 e. The molecule has 28 heavy (non-hydrogen) atoms. The maximum atomic E-state index is 12.8. The van der Waals surface area contributed by atoms with Gasteiger partial charge in [-0.2, -0.15) is 0 Å². The topological polar surface area (TPSA) is 127 Å². The zero-order chi connectivity index (χ0) is 19.9. The first-order valence-corrected chi connectivity index (χ1v) is 10.5. The molecule has 1 saturated heterocycles. The van der Waals surface area contributed by atoms with Gasteiger partial charge in [0.1, 0.15) is 0 Å². The van der Waals surface area contributed by atoms with E-state index >= 15 is 0 Å². The molecule has 4 rings (SSSR count). The molecule has 0 radical (unpaired) electrons. The van der Waals surface area contributed by atoms with Crippen molar-refractivity contribution in [1.82, 2.24) is 25.1 Å². The Morgan fingerprint density at radius 1 is 1.25 bits per heavy atom. The number of nitrogens with zero attached hydrogens (tertiary/aromatic N) is 2. The molecule has 0 atom stereocenters. The van der Waals surface area contributed by atoms with E-state index in [4.69, 9.17) is 0 Å². The summed E-state index contributed by atoms with van der Waals surface area (Å²) in [6.45, 7) is 0.910. The Hall–Kier alpha value is -2.53. The van der Waals surface area contributed by atoms with Crippen LogP contribution in [0.2, 0.25) is 0 Å². The van der Waals surface area contributed by atoms with Gasteiger partial charge in [-0.05, 0) is 37.1 Å². The van der Waals surface area contributed by atoms with Gasteiger partial charge in [-0.1, -0.05) is 0 Å². The van der Waals surface area contributed by atoms with Crippen molar-refractivity contribution in [2.45, 2.75) is 23.8 Å². The number of aromatic amines is 1. The van der Waals surface area contributed by atoms with Crippen LogP contribution in [0.3, 0.4) is 0 Å². The molecular weight excluding hydrogens is 382 g/mol. The number of fused-ring (bicyclic) bond motifs is 3.